The molecule has 0 saturated heterocycles. The molecular weight excluding hydrogens is 368 g/mol. The van der Waals surface area contributed by atoms with E-state index < -0.39 is 0 Å². The summed E-state index contributed by atoms with van der Waals surface area (Å²) in [6, 6.07) is 22.3. The van der Waals surface area contributed by atoms with E-state index >= 15 is 0 Å². The molecule has 140 valence electrons. The number of aryl methyl sites for hydroxylation is 1. The predicted octanol–water partition coefficient (Wildman–Crippen LogP) is 4.36. The van der Waals surface area contributed by atoms with Crippen molar-refractivity contribution in [2.45, 2.75) is 12.1 Å². The summed E-state index contributed by atoms with van der Waals surface area (Å²) in [4.78, 5) is 16.8. The van der Waals surface area contributed by atoms with Gasteiger partial charge in [0.15, 0.2) is 5.16 Å². The van der Waals surface area contributed by atoms with Crippen LogP contribution in [0.2, 0.25) is 0 Å². The molecule has 0 fully saturated rings. The molecule has 0 aliphatic carbocycles. The second-order valence-corrected chi connectivity index (χ2v) is 7.47. The molecule has 1 amide bonds. The number of amides is 1. The first-order valence-electron chi connectivity index (χ1n) is 8.98. The fourth-order valence-corrected chi connectivity index (χ4v) is 3.82. The van der Waals surface area contributed by atoms with Crippen LogP contribution in [0.4, 0.5) is 0 Å². The number of hydrazone groups is 1. The number of fused-ring (bicyclic) bond motifs is 2. The number of imidazole rings is 1. The maximum atomic E-state index is 12.2. The van der Waals surface area contributed by atoms with Gasteiger partial charge in [-0.15, -0.1) is 0 Å². The van der Waals surface area contributed by atoms with Crippen LogP contribution in [0, 0.1) is 0 Å². The summed E-state index contributed by atoms with van der Waals surface area (Å²) >= 11 is 1.40. The summed E-state index contributed by atoms with van der Waals surface area (Å²) in [5.74, 6) is 0.100. The van der Waals surface area contributed by atoms with Gasteiger partial charge in [0.25, 0.3) is 5.91 Å². The third-order valence-electron chi connectivity index (χ3n) is 4.59. The van der Waals surface area contributed by atoms with Gasteiger partial charge in [-0.05, 0) is 41.5 Å². The van der Waals surface area contributed by atoms with Gasteiger partial charge in [-0.2, -0.15) is 5.10 Å². The molecule has 28 heavy (non-hydrogen) atoms. The van der Waals surface area contributed by atoms with Crippen molar-refractivity contribution in [1.29, 1.82) is 0 Å². The molecule has 4 rings (SSSR count). The summed E-state index contributed by atoms with van der Waals surface area (Å²) in [7, 11) is 1.96. The van der Waals surface area contributed by atoms with Crippen LogP contribution < -0.4 is 5.43 Å². The molecule has 0 atom stereocenters. The highest BCUT2D eigenvalue weighted by molar-refractivity contribution is 7.99. The molecule has 1 N–H and O–H groups in total. The Morgan fingerprint density at radius 3 is 2.64 bits per heavy atom. The third kappa shape index (κ3) is 3.77. The van der Waals surface area contributed by atoms with Crippen molar-refractivity contribution in [2.75, 3.05) is 5.75 Å². The molecule has 1 aromatic heterocycles. The number of rotatable bonds is 5. The summed E-state index contributed by atoms with van der Waals surface area (Å²) in [6.07, 6.45) is 0. The molecule has 0 aliphatic rings. The lowest BCUT2D eigenvalue weighted by atomic mass is 10.0. The second-order valence-electron chi connectivity index (χ2n) is 6.52. The maximum Gasteiger partial charge on any atom is 0.250 e. The minimum Gasteiger partial charge on any atom is -0.322 e. The lowest BCUT2D eigenvalue weighted by Crippen LogP contribution is -2.21. The van der Waals surface area contributed by atoms with Crippen LogP contribution in [0.1, 0.15) is 12.5 Å². The Hall–Kier alpha value is -3.12. The molecule has 5 nitrogen and oxygen atoms in total. The van der Waals surface area contributed by atoms with Gasteiger partial charge >= 0.3 is 0 Å². The van der Waals surface area contributed by atoms with E-state index in [4.69, 9.17) is 0 Å². The number of benzene rings is 3. The Kier molecular flexibility index (Phi) is 5.12. The van der Waals surface area contributed by atoms with Crippen molar-refractivity contribution in [3.05, 3.63) is 72.3 Å². The fraction of sp³-hybridized carbons (Fsp3) is 0.136. The summed E-state index contributed by atoms with van der Waals surface area (Å²) in [6.45, 7) is 1.89. The monoisotopic (exact) mass is 388 g/mol. The largest absolute Gasteiger partial charge is 0.322 e. The van der Waals surface area contributed by atoms with Crippen LogP contribution in [0.25, 0.3) is 21.8 Å². The number of carbonyl (C=O) groups excluding carboxylic acids is 1. The van der Waals surface area contributed by atoms with Gasteiger partial charge < -0.3 is 4.57 Å². The second kappa shape index (κ2) is 7.86. The van der Waals surface area contributed by atoms with Crippen LogP contribution in [-0.4, -0.2) is 26.9 Å². The Morgan fingerprint density at radius 1 is 1.07 bits per heavy atom. The summed E-state index contributed by atoms with van der Waals surface area (Å²) in [5.41, 5.74) is 6.38. The normalized spacial score (nSPS) is 11.9. The zero-order chi connectivity index (χ0) is 19.5. The van der Waals surface area contributed by atoms with Crippen molar-refractivity contribution in [2.24, 2.45) is 12.1 Å². The van der Waals surface area contributed by atoms with Crippen LogP contribution in [0.5, 0.6) is 0 Å². The number of carbonyl (C=O) groups is 1. The highest BCUT2D eigenvalue weighted by Gasteiger charge is 2.10. The predicted molar refractivity (Wildman–Crippen MR) is 116 cm³/mol. The van der Waals surface area contributed by atoms with Crippen molar-refractivity contribution < 1.29 is 4.79 Å². The Morgan fingerprint density at radius 2 is 1.82 bits per heavy atom. The lowest BCUT2D eigenvalue weighted by molar-refractivity contribution is -0.118. The molecule has 4 aromatic rings. The van der Waals surface area contributed by atoms with Crippen molar-refractivity contribution in [3.63, 3.8) is 0 Å². The van der Waals surface area contributed by atoms with Crippen molar-refractivity contribution in [1.82, 2.24) is 15.0 Å². The van der Waals surface area contributed by atoms with Crippen molar-refractivity contribution in [3.8, 4) is 0 Å². The minimum absolute atomic E-state index is 0.155. The van der Waals surface area contributed by atoms with E-state index in [1.54, 1.807) is 0 Å². The van der Waals surface area contributed by atoms with Gasteiger partial charge in [-0.1, -0.05) is 60.3 Å². The van der Waals surface area contributed by atoms with Gasteiger partial charge in [0.1, 0.15) is 0 Å². The number of thioether (sulfide) groups is 1. The number of hydrogen-bond donors (Lipinski definition) is 1. The summed E-state index contributed by atoms with van der Waals surface area (Å²) in [5, 5.41) is 7.40. The number of aromatic nitrogens is 2. The van der Waals surface area contributed by atoms with Crippen molar-refractivity contribution >= 4 is 45.2 Å². The first kappa shape index (κ1) is 18.3. The highest BCUT2D eigenvalue weighted by atomic mass is 32.2. The zero-order valence-corrected chi connectivity index (χ0v) is 16.5. The number of hydrogen-bond acceptors (Lipinski definition) is 4. The van der Waals surface area contributed by atoms with Crippen LogP contribution in [-0.2, 0) is 11.8 Å². The molecule has 6 heteroatoms. The Bertz CT molecular complexity index is 1200. The first-order valence-corrected chi connectivity index (χ1v) is 9.97. The van der Waals surface area contributed by atoms with Crippen LogP contribution in [0.3, 0.4) is 0 Å². The minimum atomic E-state index is -0.155. The van der Waals surface area contributed by atoms with E-state index in [9.17, 15) is 4.79 Å². The molecule has 0 aliphatic heterocycles. The average Bonchev–Trinajstić information content (AvgIpc) is 3.06. The van der Waals surface area contributed by atoms with E-state index in [1.165, 1.54) is 17.1 Å². The molecule has 0 unspecified atom stereocenters. The van der Waals surface area contributed by atoms with Gasteiger partial charge in [0.05, 0.1) is 22.5 Å². The smallest absolute Gasteiger partial charge is 0.250 e. The first-order chi connectivity index (χ1) is 13.6. The highest BCUT2D eigenvalue weighted by Crippen LogP contribution is 2.22. The van der Waals surface area contributed by atoms with Gasteiger partial charge in [-0.25, -0.2) is 10.4 Å². The molecular formula is C22H20N4OS. The van der Waals surface area contributed by atoms with E-state index in [2.05, 4.69) is 39.8 Å². The van der Waals surface area contributed by atoms with Crippen LogP contribution >= 0.6 is 11.8 Å². The maximum absolute atomic E-state index is 12.2. The quantitative estimate of drug-likeness (QED) is 0.314. The molecule has 0 saturated carbocycles. The van der Waals surface area contributed by atoms with E-state index in [0.29, 0.717) is 0 Å². The SMILES string of the molecule is CC(=NNC(=O)CSc1nc2ccccc2n1C)c1ccc2ccccc2c1. The number of nitrogens with one attached hydrogen (secondary N) is 1. The third-order valence-corrected chi connectivity index (χ3v) is 5.62. The lowest BCUT2D eigenvalue weighted by Gasteiger charge is -2.05. The molecule has 0 bridgehead atoms. The average molecular weight is 388 g/mol. The zero-order valence-electron chi connectivity index (χ0n) is 15.7. The van der Waals surface area contributed by atoms with E-state index in [1.807, 2.05) is 61.0 Å². The fourth-order valence-electron chi connectivity index (χ4n) is 3.04. The van der Waals surface area contributed by atoms with Gasteiger partial charge in [0.2, 0.25) is 0 Å². The molecule has 3 aromatic carbocycles. The van der Waals surface area contributed by atoms with Gasteiger partial charge in [0, 0.05) is 7.05 Å². The van der Waals surface area contributed by atoms with Gasteiger partial charge in [-0.3, -0.25) is 4.79 Å². The molecule has 1 heterocycles. The Labute approximate surface area is 167 Å². The Balaban J connectivity index is 1.40. The van der Waals surface area contributed by atoms with Crippen LogP contribution in [0.15, 0.2) is 77.0 Å². The molecule has 0 radical (unpaired) electrons. The topological polar surface area (TPSA) is 59.3 Å². The number of nitrogens with zero attached hydrogens (tertiary/aromatic N) is 3. The standard InChI is InChI=1S/C22H20N4OS/c1-15(17-12-11-16-7-3-4-8-18(16)13-17)24-25-21(27)14-28-22-23-19-9-5-6-10-20(19)26(22)2/h3-13H,14H2,1-2H3,(H,25,27). The van der Waals surface area contributed by atoms with E-state index in [0.717, 1.165) is 32.9 Å². The molecule has 0 spiro atoms. The summed E-state index contributed by atoms with van der Waals surface area (Å²) < 4.78 is 2.00. The number of para-hydroxylation sites is 2. The van der Waals surface area contributed by atoms with E-state index in [-0.39, 0.29) is 11.7 Å².